The molecule has 11 heteroatoms. The highest BCUT2D eigenvalue weighted by Crippen LogP contribution is 2.23. The highest BCUT2D eigenvalue weighted by Gasteiger charge is 2.23. The molecule has 0 atom stereocenters. The van der Waals surface area contributed by atoms with Crippen molar-refractivity contribution >= 4 is 26.8 Å². The number of H-pyrrole nitrogens is 1. The quantitative estimate of drug-likeness (QED) is 0.397. The van der Waals surface area contributed by atoms with Gasteiger partial charge in [0.15, 0.2) is 0 Å². The van der Waals surface area contributed by atoms with Crippen molar-refractivity contribution in [1.29, 1.82) is 0 Å². The molecule has 10 nitrogen and oxygen atoms in total. The Hall–Kier alpha value is -3.83. The van der Waals surface area contributed by atoms with E-state index in [1.54, 1.807) is 24.9 Å². The lowest BCUT2D eigenvalue weighted by atomic mass is 10.1. The number of rotatable bonds is 8. The average molecular weight is 481 g/mol. The van der Waals surface area contributed by atoms with E-state index in [1.165, 1.54) is 34.9 Å². The number of benzene rings is 2. The first kappa shape index (κ1) is 23.3. The van der Waals surface area contributed by atoms with Crippen LogP contribution in [-0.4, -0.2) is 51.5 Å². The molecule has 176 valence electrons. The second-order valence-electron chi connectivity index (χ2n) is 7.53. The summed E-state index contributed by atoms with van der Waals surface area (Å²) in [7, 11) is -3.73. The zero-order valence-corrected chi connectivity index (χ0v) is 19.5. The molecule has 0 aliphatic carbocycles. The third-order valence-corrected chi connectivity index (χ3v) is 7.52. The van der Waals surface area contributed by atoms with E-state index in [4.69, 9.17) is 0 Å². The van der Waals surface area contributed by atoms with Gasteiger partial charge in [-0.25, -0.2) is 18.1 Å². The first-order chi connectivity index (χ1) is 16.3. The molecule has 0 fully saturated rings. The van der Waals surface area contributed by atoms with E-state index in [1.807, 2.05) is 24.3 Å². The van der Waals surface area contributed by atoms with Crippen molar-refractivity contribution in [1.82, 2.24) is 29.4 Å². The van der Waals surface area contributed by atoms with Crippen molar-refractivity contribution in [3.05, 3.63) is 82.7 Å². The predicted octanol–water partition coefficient (Wildman–Crippen LogP) is 2.07. The predicted molar refractivity (Wildman–Crippen MR) is 127 cm³/mol. The van der Waals surface area contributed by atoms with Gasteiger partial charge in [0.2, 0.25) is 15.6 Å². The van der Waals surface area contributed by atoms with Gasteiger partial charge < -0.3 is 10.3 Å². The molecule has 0 unspecified atom stereocenters. The van der Waals surface area contributed by atoms with Gasteiger partial charge in [-0.3, -0.25) is 9.59 Å². The van der Waals surface area contributed by atoms with E-state index in [-0.39, 0.29) is 17.0 Å². The topological polar surface area (TPSA) is 130 Å². The third kappa shape index (κ3) is 4.61. The molecule has 0 aliphatic heterocycles. The Morgan fingerprint density at radius 3 is 2.47 bits per heavy atom. The van der Waals surface area contributed by atoms with Crippen molar-refractivity contribution in [3.8, 4) is 5.69 Å². The Kier molecular flexibility index (Phi) is 6.57. The van der Waals surface area contributed by atoms with Crippen molar-refractivity contribution in [2.45, 2.75) is 25.3 Å². The van der Waals surface area contributed by atoms with Crippen LogP contribution in [0.15, 0.2) is 70.9 Å². The first-order valence-electron chi connectivity index (χ1n) is 10.7. The molecule has 0 saturated carbocycles. The van der Waals surface area contributed by atoms with Crippen molar-refractivity contribution in [2.75, 3.05) is 13.1 Å². The van der Waals surface area contributed by atoms with Gasteiger partial charge in [0.1, 0.15) is 12.7 Å². The summed E-state index contributed by atoms with van der Waals surface area (Å²) in [6, 6.07) is 13.0. The van der Waals surface area contributed by atoms with Gasteiger partial charge in [0, 0.05) is 36.6 Å². The number of aromatic nitrogens is 4. The minimum Gasteiger partial charge on any atom is -0.348 e. The zero-order valence-electron chi connectivity index (χ0n) is 18.7. The fourth-order valence-corrected chi connectivity index (χ4v) is 5.16. The van der Waals surface area contributed by atoms with E-state index in [0.717, 1.165) is 11.3 Å². The minimum atomic E-state index is -3.73. The van der Waals surface area contributed by atoms with Crippen LogP contribution in [0.4, 0.5) is 0 Å². The first-order valence-corrected chi connectivity index (χ1v) is 12.2. The highest BCUT2D eigenvalue weighted by molar-refractivity contribution is 7.89. The number of hydrogen-bond acceptors (Lipinski definition) is 6. The molecule has 0 saturated heterocycles. The number of nitrogens with one attached hydrogen (secondary N) is 2. The van der Waals surface area contributed by atoms with Gasteiger partial charge in [-0.2, -0.15) is 9.40 Å². The van der Waals surface area contributed by atoms with Crippen molar-refractivity contribution in [3.63, 3.8) is 0 Å². The normalized spacial score (nSPS) is 11.7. The SMILES string of the molecule is CCN(CC)S(=O)(=O)c1ccc2[nH]c(=O)cc(C(=O)NCc3ccc(-n4cncn4)cc3)c2c1. The van der Waals surface area contributed by atoms with Gasteiger partial charge in [-0.05, 0) is 35.9 Å². The highest BCUT2D eigenvalue weighted by atomic mass is 32.2. The fraction of sp³-hybridized carbons (Fsp3) is 0.217. The van der Waals surface area contributed by atoms with Crippen LogP contribution in [0, 0.1) is 0 Å². The Bertz CT molecular complexity index is 1470. The third-order valence-electron chi connectivity index (χ3n) is 5.48. The average Bonchev–Trinajstić information content (AvgIpc) is 3.37. The molecular formula is C23H24N6O4S. The second-order valence-corrected chi connectivity index (χ2v) is 9.47. The Morgan fingerprint density at radius 2 is 1.82 bits per heavy atom. The number of fused-ring (bicyclic) bond motifs is 1. The smallest absolute Gasteiger partial charge is 0.252 e. The Labute approximate surface area is 196 Å². The maximum absolute atomic E-state index is 13.0. The fourth-order valence-electron chi connectivity index (χ4n) is 3.68. The monoisotopic (exact) mass is 480 g/mol. The molecule has 0 spiro atoms. The molecule has 2 N–H and O–H groups in total. The van der Waals surface area contributed by atoms with Gasteiger partial charge in [-0.15, -0.1) is 0 Å². The number of sulfonamides is 1. The van der Waals surface area contributed by atoms with E-state index >= 15 is 0 Å². The van der Waals surface area contributed by atoms with Gasteiger partial charge in [0.05, 0.1) is 16.1 Å². The number of hydrogen-bond donors (Lipinski definition) is 2. The van der Waals surface area contributed by atoms with Crippen LogP contribution in [0.3, 0.4) is 0 Å². The molecule has 4 rings (SSSR count). The van der Waals surface area contributed by atoms with Gasteiger partial charge >= 0.3 is 0 Å². The molecule has 0 bridgehead atoms. The number of carbonyl (C=O) groups excluding carboxylic acids is 1. The number of aromatic amines is 1. The lowest BCUT2D eigenvalue weighted by molar-refractivity contribution is 0.0952. The van der Waals surface area contributed by atoms with Crippen LogP contribution in [0.25, 0.3) is 16.6 Å². The summed E-state index contributed by atoms with van der Waals surface area (Å²) in [5, 5.41) is 7.23. The lowest BCUT2D eigenvalue weighted by Gasteiger charge is -2.19. The molecule has 2 heterocycles. The summed E-state index contributed by atoms with van der Waals surface area (Å²) in [6.45, 7) is 4.40. The standard InChI is InChI=1S/C23H24N6O4S/c1-3-28(4-2)34(32,33)18-9-10-21-19(11-18)20(12-22(30)27-21)23(31)25-13-16-5-7-17(8-6-16)29-15-24-14-26-29/h5-12,14-15H,3-4,13H2,1-2H3,(H,25,31)(H,27,30). The molecule has 2 aromatic heterocycles. The Balaban J connectivity index is 1.61. The zero-order chi connectivity index (χ0) is 24.3. The van der Waals surface area contributed by atoms with Crippen LogP contribution in [0.5, 0.6) is 0 Å². The molecular weight excluding hydrogens is 456 g/mol. The number of pyridine rings is 1. The van der Waals surface area contributed by atoms with Crippen LogP contribution in [0.2, 0.25) is 0 Å². The van der Waals surface area contributed by atoms with E-state index in [9.17, 15) is 18.0 Å². The van der Waals surface area contributed by atoms with E-state index in [2.05, 4.69) is 20.4 Å². The maximum atomic E-state index is 13.0. The number of amides is 1. The van der Waals surface area contributed by atoms with Crippen molar-refractivity contribution in [2.24, 2.45) is 0 Å². The molecule has 2 aromatic carbocycles. The summed E-state index contributed by atoms with van der Waals surface area (Å²) >= 11 is 0. The summed E-state index contributed by atoms with van der Waals surface area (Å²) in [6.07, 6.45) is 3.03. The molecule has 0 aliphatic rings. The number of nitrogens with zero attached hydrogens (tertiary/aromatic N) is 4. The molecule has 4 aromatic rings. The van der Waals surface area contributed by atoms with E-state index in [0.29, 0.717) is 24.0 Å². The Morgan fingerprint density at radius 1 is 1.09 bits per heavy atom. The van der Waals surface area contributed by atoms with Crippen LogP contribution < -0.4 is 10.9 Å². The van der Waals surface area contributed by atoms with Gasteiger partial charge in [-0.1, -0.05) is 26.0 Å². The van der Waals surface area contributed by atoms with Crippen LogP contribution in [-0.2, 0) is 16.6 Å². The molecule has 34 heavy (non-hydrogen) atoms. The van der Waals surface area contributed by atoms with Crippen molar-refractivity contribution < 1.29 is 13.2 Å². The van der Waals surface area contributed by atoms with E-state index < -0.39 is 21.5 Å². The van der Waals surface area contributed by atoms with Crippen LogP contribution >= 0.6 is 0 Å². The largest absolute Gasteiger partial charge is 0.348 e. The summed E-state index contributed by atoms with van der Waals surface area (Å²) in [5.74, 6) is -0.478. The van der Waals surface area contributed by atoms with Gasteiger partial charge in [0.25, 0.3) is 5.91 Å². The lowest BCUT2D eigenvalue weighted by Crippen LogP contribution is -2.30. The second kappa shape index (κ2) is 9.57. The number of carbonyl (C=O) groups is 1. The summed E-state index contributed by atoms with van der Waals surface area (Å²) in [5.41, 5.74) is 1.71. The summed E-state index contributed by atoms with van der Waals surface area (Å²) in [4.78, 5) is 31.8. The maximum Gasteiger partial charge on any atom is 0.252 e. The summed E-state index contributed by atoms with van der Waals surface area (Å²) < 4.78 is 28.9. The van der Waals surface area contributed by atoms with Crippen LogP contribution in [0.1, 0.15) is 29.8 Å². The molecule has 1 amide bonds. The molecule has 0 radical (unpaired) electrons. The minimum absolute atomic E-state index is 0.0634.